The third-order valence-electron chi connectivity index (χ3n) is 5.08. The second-order valence-electron chi connectivity index (χ2n) is 8.42. The van der Waals surface area contributed by atoms with Crippen molar-refractivity contribution in [2.75, 3.05) is 13.7 Å². The summed E-state index contributed by atoms with van der Waals surface area (Å²) in [4.78, 5) is 13.1. The second kappa shape index (κ2) is 7.79. The van der Waals surface area contributed by atoms with Crippen molar-refractivity contribution >= 4 is 5.97 Å². The summed E-state index contributed by atoms with van der Waals surface area (Å²) < 4.78 is 13.2. The van der Waals surface area contributed by atoms with Crippen LogP contribution in [0.1, 0.15) is 67.8 Å². The molecule has 1 aromatic carbocycles. The molecule has 0 saturated carbocycles. The van der Waals surface area contributed by atoms with Crippen molar-refractivity contribution < 1.29 is 14.3 Å². The fourth-order valence-electron chi connectivity index (χ4n) is 4.09. The van der Waals surface area contributed by atoms with Crippen LogP contribution in [0.2, 0.25) is 0 Å². The highest BCUT2D eigenvalue weighted by Gasteiger charge is 2.32. The Balaban J connectivity index is 2.32. The fraction of sp³-hybridized carbons (Fsp3) is 0.522. The molecule has 1 heterocycles. The molecular formula is C23H31NO3. The first kappa shape index (κ1) is 19.5. The van der Waals surface area contributed by atoms with Crippen molar-refractivity contribution in [1.29, 1.82) is 0 Å². The number of nitrogens with zero attached hydrogens (tertiary/aromatic N) is 1. The van der Waals surface area contributed by atoms with Gasteiger partial charge in [-0.05, 0) is 67.7 Å². The minimum absolute atomic E-state index is 0.0828. The van der Waals surface area contributed by atoms with Gasteiger partial charge in [0.1, 0.15) is 11.4 Å². The van der Waals surface area contributed by atoms with Gasteiger partial charge in [-0.2, -0.15) is 0 Å². The zero-order chi connectivity index (χ0) is 19.6. The van der Waals surface area contributed by atoms with Gasteiger partial charge < -0.3 is 14.0 Å². The summed E-state index contributed by atoms with van der Waals surface area (Å²) in [5, 5.41) is 0. The second-order valence-corrected chi connectivity index (χ2v) is 8.42. The summed E-state index contributed by atoms with van der Waals surface area (Å²) in [7, 11) is 1.68. The van der Waals surface area contributed by atoms with Gasteiger partial charge in [0.2, 0.25) is 0 Å². The summed E-state index contributed by atoms with van der Waals surface area (Å²) in [6.07, 6.45) is 5.16. The lowest BCUT2D eigenvalue weighted by Crippen LogP contribution is -2.17. The smallest absolute Gasteiger partial charge is 0.355 e. The average Bonchev–Trinajstić information content (AvgIpc) is 2.94. The summed E-state index contributed by atoms with van der Waals surface area (Å²) in [6, 6.07) is 7.92. The number of rotatable bonds is 5. The molecule has 0 fully saturated rings. The number of hydrogen-bond donors (Lipinski definition) is 0. The van der Waals surface area contributed by atoms with E-state index in [0.29, 0.717) is 12.3 Å². The molecule has 1 aromatic heterocycles. The highest BCUT2D eigenvalue weighted by atomic mass is 16.5. The average molecular weight is 370 g/mol. The zero-order valence-electron chi connectivity index (χ0n) is 17.2. The van der Waals surface area contributed by atoms with Gasteiger partial charge in [-0.15, -0.1) is 0 Å². The van der Waals surface area contributed by atoms with E-state index in [4.69, 9.17) is 9.47 Å². The van der Waals surface area contributed by atoms with Crippen molar-refractivity contribution in [3.05, 3.63) is 46.8 Å². The maximum absolute atomic E-state index is 13.1. The van der Waals surface area contributed by atoms with Gasteiger partial charge in [-0.3, -0.25) is 0 Å². The summed E-state index contributed by atoms with van der Waals surface area (Å²) >= 11 is 0. The predicted molar refractivity (Wildman–Crippen MR) is 108 cm³/mol. The number of ether oxygens (including phenoxy) is 2. The molecule has 3 rings (SSSR count). The molecule has 0 bridgehead atoms. The lowest BCUT2D eigenvalue weighted by Gasteiger charge is -2.20. The molecule has 0 unspecified atom stereocenters. The molecule has 0 saturated heterocycles. The van der Waals surface area contributed by atoms with E-state index < -0.39 is 0 Å². The molecule has 1 aliphatic rings. The predicted octanol–water partition coefficient (Wildman–Crippen LogP) is 5.13. The number of para-hydroxylation sites is 2. The largest absolute Gasteiger partial charge is 0.495 e. The maximum Gasteiger partial charge on any atom is 0.355 e. The van der Waals surface area contributed by atoms with Gasteiger partial charge in [0.15, 0.2) is 0 Å². The Morgan fingerprint density at radius 3 is 2.52 bits per heavy atom. The molecule has 4 heteroatoms. The Morgan fingerprint density at radius 1 is 1.15 bits per heavy atom. The number of esters is 1. The van der Waals surface area contributed by atoms with Gasteiger partial charge in [-0.25, -0.2) is 4.79 Å². The molecule has 0 atom stereocenters. The highest BCUT2D eigenvalue weighted by Crippen LogP contribution is 2.38. The maximum atomic E-state index is 13.1. The van der Waals surface area contributed by atoms with Gasteiger partial charge in [-0.1, -0.05) is 32.9 Å². The van der Waals surface area contributed by atoms with Crippen LogP contribution in [0, 0.1) is 5.41 Å². The van der Waals surface area contributed by atoms with Crippen LogP contribution in [0.5, 0.6) is 5.75 Å². The quantitative estimate of drug-likeness (QED) is 0.686. The molecular weight excluding hydrogens is 338 g/mol. The molecule has 0 N–H and O–H groups in total. The van der Waals surface area contributed by atoms with Crippen LogP contribution in [0.3, 0.4) is 0 Å². The van der Waals surface area contributed by atoms with Crippen molar-refractivity contribution in [3.8, 4) is 11.4 Å². The van der Waals surface area contributed by atoms with Gasteiger partial charge in [0.05, 0.1) is 19.4 Å². The number of aromatic nitrogens is 1. The lowest BCUT2D eigenvalue weighted by atomic mass is 9.84. The summed E-state index contributed by atoms with van der Waals surface area (Å²) in [5.41, 5.74) is 5.42. The standard InChI is InChI=1S/C23H31NO3/c1-6-27-22(25)21-17(15-23(2,3)4)16-11-7-8-12-18(16)24(21)19-13-9-10-14-20(19)26-5/h9-10,13-14H,6-8,11-12,15H2,1-5H3. The molecule has 2 aromatic rings. The molecule has 0 amide bonds. The van der Waals surface area contributed by atoms with Crippen LogP contribution >= 0.6 is 0 Å². The third-order valence-corrected chi connectivity index (χ3v) is 5.08. The van der Waals surface area contributed by atoms with Gasteiger partial charge >= 0.3 is 5.97 Å². The van der Waals surface area contributed by atoms with Crippen molar-refractivity contribution in [2.24, 2.45) is 5.41 Å². The van der Waals surface area contributed by atoms with E-state index in [1.807, 2.05) is 31.2 Å². The number of carbonyl (C=O) groups excluding carboxylic acids is 1. The van der Waals surface area contributed by atoms with Crippen molar-refractivity contribution in [1.82, 2.24) is 4.57 Å². The van der Waals surface area contributed by atoms with Crippen LogP contribution in [-0.4, -0.2) is 24.3 Å². The van der Waals surface area contributed by atoms with Gasteiger partial charge in [0, 0.05) is 5.69 Å². The van der Waals surface area contributed by atoms with E-state index >= 15 is 0 Å². The number of fused-ring (bicyclic) bond motifs is 1. The fourth-order valence-corrected chi connectivity index (χ4v) is 4.09. The van der Waals surface area contributed by atoms with Crippen molar-refractivity contribution in [2.45, 2.75) is 59.8 Å². The molecule has 27 heavy (non-hydrogen) atoms. The molecule has 0 radical (unpaired) electrons. The first-order chi connectivity index (χ1) is 12.9. The number of carbonyl (C=O) groups is 1. The summed E-state index contributed by atoms with van der Waals surface area (Å²) in [5.74, 6) is 0.533. The van der Waals surface area contributed by atoms with Crippen LogP contribution < -0.4 is 4.74 Å². The Hall–Kier alpha value is -2.23. The molecule has 0 spiro atoms. The van der Waals surface area contributed by atoms with E-state index in [1.165, 1.54) is 17.7 Å². The van der Waals surface area contributed by atoms with E-state index in [0.717, 1.165) is 42.7 Å². The third kappa shape index (κ3) is 3.90. The number of hydrogen-bond acceptors (Lipinski definition) is 3. The zero-order valence-corrected chi connectivity index (χ0v) is 17.2. The molecule has 146 valence electrons. The summed E-state index contributed by atoms with van der Waals surface area (Å²) in [6.45, 7) is 8.89. The van der Waals surface area contributed by atoms with Crippen molar-refractivity contribution in [3.63, 3.8) is 0 Å². The minimum Gasteiger partial charge on any atom is -0.495 e. The monoisotopic (exact) mass is 369 g/mol. The molecule has 0 aliphatic heterocycles. The first-order valence-corrected chi connectivity index (χ1v) is 9.93. The minimum atomic E-state index is -0.239. The molecule has 4 nitrogen and oxygen atoms in total. The highest BCUT2D eigenvalue weighted by molar-refractivity contribution is 5.91. The van der Waals surface area contributed by atoms with Crippen LogP contribution in [0.15, 0.2) is 24.3 Å². The van der Waals surface area contributed by atoms with E-state index in [1.54, 1.807) is 7.11 Å². The van der Waals surface area contributed by atoms with E-state index in [9.17, 15) is 4.79 Å². The number of benzene rings is 1. The van der Waals surface area contributed by atoms with E-state index in [2.05, 4.69) is 25.3 Å². The van der Waals surface area contributed by atoms with Crippen LogP contribution in [-0.2, 0) is 24.0 Å². The normalized spacial score (nSPS) is 14.0. The van der Waals surface area contributed by atoms with Crippen LogP contribution in [0.4, 0.5) is 0 Å². The SMILES string of the molecule is CCOC(=O)c1c(CC(C)(C)C)c2c(n1-c1ccccc1OC)CCCC2. The Bertz CT molecular complexity index is 827. The topological polar surface area (TPSA) is 40.5 Å². The number of methoxy groups -OCH3 is 1. The van der Waals surface area contributed by atoms with Crippen LogP contribution in [0.25, 0.3) is 5.69 Å². The Labute approximate surface area is 162 Å². The van der Waals surface area contributed by atoms with Gasteiger partial charge in [0.25, 0.3) is 0 Å². The van der Waals surface area contributed by atoms with E-state index in [-0.39, 0.29) is 11.4 Å². The Morgan fingerprint density at radius 2 is 1.85 bits per heavy atom. The lowest BCUT2D eigenvalue weighted by molar-refractivity contribution is 0.0515. The Kier molecular flexibility index (Phi) is 5.64. The first-order valence-electron chi connectivity index (χ1n) is 9.93. The molecule has 1 aliphatic carbocycles.